The fourth-order valence-electron chi connectivity index (χ4n) is 8.84. The number of ether oxygens (including phenoxy) is 2. The number of rotatable bonds is 10. The number of aliphatic hydroxyl groups is 1. The van der Waals surface area contributed by atoms with Crippen molar-refractivity contribution in [1.29, 1.82) is 5.26 Å². The maximum Gasteiger partial charge on any atom is 0.475 e. The summed E-state index contributed by atoms with van der Waals surface area (Å²) < 4.78 is 57.1. The lowest BCUT2D eigenvalue weighted by Gasteiger charge is -2.45. The van der Waals surface area contributed by atoms with Gasteiger partial charge in [-0.1, -0.05) is 94.3 Å². The van der Waals surface area contributed by atoms with Crippen LogP contribution in [0, 0.1) is 25.2 Å². The van der Waals surface area contributed by atoms with Crippen LogP contribution in [0.15, 0.2) is 92.2 Å². The van der Waals surface area contributed by atoms with Gasteiger partial charge in [-0.05, 0) is 42.1 Å². The first-order chi connectivity index (χ1) is 29.5. The first-order valence-corrected chi connectivity index (χ1v) is 24.3. The molecule has 9 atom stereocenters. The summed E-state index contributed by atoms with van der Waals surface area (Å²) in [5, 5.41) is 22.5. The van der Waals surface area contributed by atoms with Crippen LogP contribution in [0.1, 0.15) is 89.3 Å². The minimum absolute atomic E-state index is 0.0805. The van der Waals surface area contributed by atoms with E-state index in [1.165, 1.54) is 28.5 Å². The Morgan fingerprint density at radius 1 is 0.806 bits per heavy atom. The van der Waals surface area contributed by atoms with Gasteiger partial charge in [0.05, 0.1) is 37.4 Å². The van der Waals surface area contributed by atoms with Crippen LogP contribution >= 0.6 is 7.82 Å². The van der Waals surface area contributed by atoms with Crippen LogP contribution in [0.4, 0.5) is 0 Å². The van der Waals surface area contributed by atoms with Gasteiger partial charge in [-0.2, -0.15) is 5.26 Å². The van der Waals surface area contributed by atoms with Crippen LogP contribution in [0.5, 0.6) is 0 Å². The third-order valence-electron chi connectivity index (χ3n) is 11.9. The molecular formula is C43H54N5O12PSi. The molecule has 62 heavy (non-hydrogen) atoms. The van der Waals surface area contributed by atoms with Gasteiger partial charge in [0, 0.05) is 36.4 Å². The van der Waals surface area contributed by atoms with Crippen molar-refractivity contribution in [3.05, 3.63) is 126 Å². The number of phosphoric ester groups is 1. The zero-order chi connectivity index (χ0) is 44.4. The van der Waals surface area contributed by atoms with Crippen molar-refractivity contribution in [2.24, 2.45) is 0 Å². The molecule has 0 saturated carbocycles. The van der Waals surface area contributed by atoms with E-state index in [-0.39, 0.29) is 44.3 Å². The SMILES string of the molecule is Cc1cn([C@H]2C[C@H](O[Si](c3ccccc3)(c3ccccc3)C(C)(C)C)[C@@H]([C@@H]3CCCC[C@H](O)[C@H]4O[C@@H](n5cc(C)c(=O)[nH]c5=O)C[C@@H]4OP(=O)(OCCC#N)O3)O2)c(=O)[nH]c1=O. The van der Waals surface area contributed by atoms with Crippen LogP contribution in [0.2, 0.25) is 5.04 Å². The molecule has 2 aromatic carbocycles. The Balaban J connectivity index is 1.32. The molecule has 1 unspecified atom stereocenters. The second-order valence-electron chi connectivity index (χ2n) is 17.2. The third-order valence-corrected chi connectivity index (χ3v) is 18.5. The molecule has 3 fully saturated rings. The summed E-state index contributed by atoms with van der Waals surface area (Å²) in [5.74, 6) is 0. The van der Waals surface area contributed by atoms with Crippen LogP contribution in [0.25, 0.3) is 0 Å². The van der Waals surface area contributed by atoms with E-state index in [4.69, 9.17) is 27.5 Å². The van der Waals surface area contributed by atoms with Crippen LogP contribution < -0.4 is 32.9 Å². The van der Waals surface area contributed by atoms with Crippen molar-refractivity contribution in [3.63, 3.8) is 0 Å². The average Bonchev–Trinajstić information content (AvgIpc) is 3.84. The van der Waals surface area contributed by atoms with E-state index >= 15 is 4.57 Å². The van der Waals surface area contributed by atoms with Gasteiger partial charge >= 0.3 is 19.2 Å². The number of aromatic amines is 2. The fourth-order valence-corrected chi connectivity index (χ4v) is 15.1. The number of benzene rings is 2. The lowest BCUT2D eigenvalue weighted by atomic mass is 9.98. The summed E-state index contributed by atoms with van der Waals surface area (Å²) >= 11 is 0. The Morgan fingerprint density at radius 2 is 1.32 bits per heavy atom. The number of nitrogens with zero attached hydrogens (tertiary/aromatic N) is 3. The predicted octanol–water partition coefficient (Wildman–Crippen LogP) is 3.97. The molecule has 3 aliphatic rings. The van der Waals surface area contributed by atoms with Gasteiger partial charge in [0.15, 0.2) is 0 Å². The largest absolute Gasteiger partial charge is 0.475 e. The number of aromatic nitrogens is 4. The summed E-state index contributed by atoms with van der Waals surface area (Å²) in [6.07, 6.45) is -4.12. The van der Waals surface area contributed by atoms with Gasteiger partial charge < -0.3 is 19.0 Å². The molecule has 3 saturated heterocycles. The van der Waals surface area contributed by atoms with Crippen molar-refractivity contribution in [3.8, 4) is 6.07 Å². The Hall–Kier alpha value is -4.54. The minimum Gasteiger partial charge on any atom is -0.402 e. The number of hydrogen-bond acceptors (Lipinski definition) is 13. The molecule has 0 radical (unpaired) electrons. The summed E-state index contributed by atoms with van der Waals surface area (Å²) in [5.41, 5.74) is -1.95. The van der Waals surface area contributed by atoms with E-state index in [2.05, 4.69) is 55.0 Å². The highest BCUT2D eigenvalue weighted by Gasteiger charge is 2.56. The number of aryl methyl sites for hydroxylation is 2. The highest BCUT2D eigenvalue weighted by molar-refractivity contribution is 7.48. The maximum absolute atomic E-state index is 15.2. The third kappa shape index (κ3) is 9.37. The maximum atomic E-state index is 15.2. The van der Waals surface area contributed by atoms with Gasteiger partial charge in [-0.15, -0.1) is 0 Å². The van der Waals surface area contributed by atoms with E-state index in [1.54, 1.807) is 6.92 Å². The quantitative estimate of drug-likeness (QED) is 0.117. The lowest BCUT2D eigenvalue weighted by molar-refractivity contribution is -0.0952. The molecule has 4 aromatic rings. The van der Waals surface area contributed by atoms with E-state index in [0.29, 0.717) is 18.4 Å². The molecule has 2 aromatic heterocycles. The van der Waals surface area contributed by atoms with E-state index in [1.807, 2.05) is 42.5 Å². The minimum atomic E-state index is -4.70. The van der Waals surface area contributed by atoms with Crippen molar-refractivity contribution >= 4 is 26.5 Å². The average molecular weight is 892 g/mol. The molecule has 3 aliphatic heterocycles. The monoisotopic (exact) mass is 891 g/mol. The fraction of sp³-hybridized carbons (Fsp3) is 0.512. The number of hydrogen-bond donors (Lipinski definition) is 3. The Morgan fingerprint density at radius 3 is 1.87 bits per heavy atom. The highest BCUT2D eigenvalue weighted by atomic mass is 31.2. The van der Waals surface area contributed by atoms with Crippen molar-refractivity contribution in [1.82, 2.24) is 19.1 Å². The van der Waals surface area contributed by atoms with Crippen LogP contribution in [-0.2, 0) is 32.0 Å². The number of aliphatic hydroxyl groups excluding tert-OH is 1. The molecule has 17 nitrogen and oxygen atoms in total. The number of nitrogens with one attached hydrogen (secondary N) is 2. The summed E-state index contributed by atoms with van der Waals surface area (Å²) in [7, 11) is -8.02. The van der Waals surface area contributed by atoms with Crippen molar-refractivity contribution in [2.45, 2.75) is 134 Å². The van der Waals surface area contributed by atoms with Crippen molar-refractivity contribution in [2.75, 3.05) is 6.61 Å². The highest BCUT2D eigenvalue weighted by Crippen LogP contribution is 2.56. The molecule has 0 amide bonds. The second-order valence-corrected chi connectivity index (χ2v) is 23.0. The zero-order valence-corrected chi connectivity index (χ0v) is 37.3. The van der Waals surface area contributed by atoms with Crippen LogP contribution in [0.3, 0.4) is 0 Å². The molecule has 3 N–H and O–H groups in total. The summed E-state index contributed by atoms with van der Waals surface area (Å²) in [4.78, 5) is 55.7. The Kier molecular flexibility index (Phi) is 13.7. The molecule has 0 spiro atoms. The topological polar surface area (TPSA) is 226 Å². The number of phosphoric acid groups is 1. The summed E-state index contributed by atoms with van der Waals surface area (Å²) in [6.45, 7) is 9.19. The smallest absolute Gasteiger partial charge is 0.402 e. The zero-order valence-electron chi connectivity index (χ0n) is 35.4. The standard InChI is InChI=1S/C43H54N5O12PSi/c1-27-25-47(41(52)45-39(27)50)35-23-33-37(56-35)31(49)19-12-13-20-32(58-61(54,59-33)55-22-14-21-44)38-34(24-36(57-38)48-26-28(2)40(51)46-42(48)53)60-62(43(3,4)5,29-15-8-6-9-16-29)30-17-10-7-11-18-30/h6-11,15-18,25-26,31-38,49H,12-14,19-20,22-24H2,1-5H3,(H,45,50,52)(H,46,51,53)/t31-,32-,33-,34-,35+,36+,37+,38+,61?/m0/s1. The van der Waals surface area contributed by atoms with Gasteiger partial charge in [-0.25, -0.2) is 14.2 Å². The number of fused-ring (bicyclic) bond motifs is 1. The van der Waals surface area contributed by atoms with Gasteiger partial charge in [0.2, 0.25) is 0 Å². The molecule has 5 heterocycles. The van der Waals surface area contributed by atoms with E-state index in [9.17, 15) is 29.5 Å². The molecule has 7 rings (SSSR count). The Bertz CT molecular complexity index is 2500. The normalized spacial score (nSPS) is 28.5. The second kappa shape index (κ2) is 18.7. The van der Waals surface area contributed by atoms with Crippen LogP contribution in [-0.4, -0.2) is 75.8 Å². The molecule has 19 heteroatoms. The van der Waals surface area contributed by atoms with Gasteiger partial charge in [-0.3, -0.25) is 42.3 Å². The van der Waals surface area contributed by atoms with Crippen molar-refractivity contribution < 1.29 is 37.1 Å². The number of H-pyrrole nitrogens is 2. The molecular weight excluding hydrogens is 838 g/mol. The first kappa shape index (κ1) is 45.5. The lowest BCUT2D eigenvalue weighted by Crippen LogP contribution is -2.68. The first-order valence-electron chi connectivity index (χ1n) is 20.9. The molecule has 332 valence electrons. The van der Waals surface area contributed by atoms with E-state index < -0.39 is 92.8 Å². The predicted molar refractivity (Wildman–Crippen MR) is 230 cm³/mol. The summed E-state index contributed by atoms with van der Waals surface area (Å²) in [6, 6.07) is 22.0. The molecule has 0 bridgehead atoms. The molecule has 0 aliphatic carbocycles. The van der Waals surface area contributed by atoms with E-state index in [0.717, 1.165) is 10.4 Å². The Labute approximate surface area is 359 Å². The van der Waals surface area contributed by atoms with Gasteiger partial charge in [0.25, 0.3) is 19.4 Å². The number of nitriles is 1. The van der Waals surface area contributed by atoms with Gasteiger partial charge in [0.1, 0.15) is 30.8 Å².